The number of nitrogens with one attached hydrogen (secondary N) is 1. The molecule has 0 aromatic heterocycles. The van der Waals surface area contributed by atoms with E-state index < -0.39 is 6.10 Å². The van der Waals surface area contributed by atoms with Gasteiger partial charge in [-0.2, -0.15) is 0 Å². The van der Waals surface area contributed by atoms with Gasteiger partial charge in [0, 0.05) is 12.1 Å². The highest BCUT2D eigenvalue weighted by Crippen LogP contribution is 2.21. The molecule has 0 aliphatic heterocycles. The lowest BCUT2D eigenvalue weighted by atomic mass is 9.97. The Labute approximate surface area is 111 Å². The number of aliphatic hydroxyl groups is 1. The van der Waals surface area contributed by atoms with Crippen LogP contribution in [-0.2, 0) is 0 Å². The van der Waals surface area contributed by atoms with Crippen molar-refractivity contribution in [3.05, 3.63) is 35.4 Å². The van der Waals surface area contributed by atoms with Crippen LogP contribution in [0, 0.1) is 0 Å². The van der Waals surface area contributed by atoms with E-state index in [1.807, 2.05) is 19.1 Å². The first-order chi connectivity index (χ1) is 8.45. The maximum Gasteiger partial charge on any atom is 0.0940 e. The molecule has 3 atom stereocenters. The Kier molecular flexibility index (Phi) is 5.83. The molecular formula is C16H27NO. The minimum atomic E-state index is -0.444. The van der Waals surface area contributed by atoms with Gasteiger partial charge in [0.05, 0.1) is 6.10 Å². The maximum atomic E-state index is 10.3. The second-order valence-corrected chi connectivity index (χ2v) is 5.53. The topological polar surface area (TPSA) is 32.3 Å². The van der Waals surface area contributed by atoms with Crippen molar-refractivity contribution in [2.45, 2.75) is 65.1 Å². The van der Waals surface area contributed by atoms with Crippen molar-refractivity contribution in [1.29, 1.82) is 0 Å². The summed E-state index contributed by atoms with van der Waals surface area (Å²) in [5, 5.41) is 13.7. The Morgan fingerprint density at radius 3 is 1.94 bits per heavy atom. The van der Waals surface area contributed by atoms with E-state index in [4.69, 9.17) is 0 Å². The van der Waals surface area contributed by atoms with Gasteiger partial charge in [-0.05, 0) is 37.3 Å². The summed E-state index contributed by atoms with van der Waals surface area (Å²) in [5.74, 6) is 0.534. The molecule has 2 heteroatoms. The van der Waals surface area contributed by atoms with Crippen LogP contribution in [0.25, 0.3) is 0 Å². The Bertz CT molecular complexity index is 345. The average molecular weight is 249 g/mol. The van der Waals surface area contributed by atoms with Crippen molar-refractivity contribution in [3.63, 3.8) is 0 Å². The Morgan fingerprint density at radius 2 is 1.50 bits per heavy atom. The molecule has 18 heavy (non-hydrogen) atoms. The van der Waals surface area contributed by atoms with Gasteiger partial charge in [0.2, 0.25) is 0 Å². The highest BCUT2D eigenvalue weighted by Gasteiger charge is 2.17. The van der Waals surface area contributed by atoms with E-state index >= 15 is 0 Å². The molecule has 0 spiro atoms. The molecule has 1 aromatic rings. The number of hydrogen-bond acceptors (Lipinski definition) is 2. The number of rotatable bonds is 6. The lowest BCUT2D eigenvalue weighted by Crippen LogP contribution is -2.38. The molecule has 0 saturated carbocycles. The molecule has 0 amide bonds. The van der Waals surface area contributed by atoms with E-state index in [1.165, 1.54) is 5.56 Å². The minimum absolute atomic E-state index is 0.0739. The first-order valence-corrected chi connectivity index (χ1v) is 6.99. The molecule has 2 nitrogen and oxygen atoms in total. The molecule has 3 unspecified atom stereocenters. The second kappa shape index (κ2) is 6.91. The third kappa shape index (κ3) is 4.11. The first-order valence-electron chi connectivity index (χ1n) is 6.99. The minimum Gasteiger partial charge on any atom is -0.387 e. The van der Waals surface area contributed by atoms with E-state index in [2.05, 4.69) is 45.1 Å². The van der Waals surface area contributed by atoms with E-state index in [0.717, 1.165) is 12.0 Å². The van der Waals surface area contributed by atoms with Gasteiger partial charge < -0.3 is 10.4 Å². The maximum absolute atomic E-state index is 10.3. The zero-order valence-corrected chi connectivity index (χ0v) is 12.3. The lowest BCUT2D eigenvalue weighted by Gasteiger charge is -2.24. The number of aliphatic hydroxyl groups excluding tert-OH is 1. The summed E-state index contributed by atoms with van der Waals surface area (Å²) in [6, 6.07) is 8.80. The Morgan fingerprint density at radius 1 is 1.00 bits per heavy atom. The first kappa shape index (κ1) is 15.2. The van der Waals surface area contributed by atoms with Crippen LogP contribution in [0.4, 0.5) is 0 Å². The summed E-state index contributed by atoms with van der Waals surface area (Å²) in [6.45, 7) is 10.7. The summed E-state index contributed by atoms with van der Waals surface area (Å²) in [7, 11) is 0. The standard InChI is InChI=1S/C16H27NO/c1-6-12(4)17-13(5)16(18)15-9-7-14(8-10-15)11(2)3/h7-13,16-18H,6H2,1-5H3. The third-order valence-electron chi connectivity index (χ3n) is 3.58. The van der Waals surface area contributed by atoms with Crippen molar-refractivity contribution in [2.75, 3.05) is 0 Å². The predicted molar refractivity (Wildman–Crippen MR) is 77.8 cm³/mol. The zero-order valence-electron chi connectivity index (χ0n) is 12.3. The fourth-order valence-corrected chi connectivity index (χ4v) is 2.02. The summed E-state index contributed by atoms with van der Waals surface area (Å²) in [4.78, 5) is 0. The summed E-state index contributed by atoms with van der Waals surface area (Å²) in [6.07, 6.45) is 0.629. The normalized spacial score (nSPS) is 16.6. The van der Waals surface area contributed by atoms with Gasteiger partial charge in [-0.25, -0.2) is 0 Å². The van der Waals surface area contributed by atoms with Crippen LogP contribution in [0.3, 0.4) is 0 Å². The van der Waals surface area contributed by atoms with Crippen LogP contribution in [0.1, 0.15) is 64.2 Å². The van der Waals surface area contributed by atoms with Gasteiger partial charge in [0.25, 0.3) is 0 Å². The van der Waals surface area contributed by atoms with Crippen molar-refractivity contribution in [2.24, 2.45) is 0 Å². The van der Waals surface area contributed by atoms with Crippen LogP contribution in [0.5, 0.6) is 0 Å². The molecule has 1 aromatic carbocycles. The molecule has 0 saturated heterocycles. The van der Waals surface area contributed by atoms with Crippen molar-refractivity contribution >= 4 is 0 Å². The monoisotopic (exact) mass is 249 g/mol. The van der Waals surface area contributed by atoms with Crippen LogP contribution in [-0.4, -0.2) is 17.2 Å². The summed E-state index contributed by atoms with van der Waals surface area (Å²) >= 11 is 0. The van der Waals surface area contributed by atoms with Crippen LogP contribution >= 0.6 is 0 Å². The van der Waals surface area contributed by atoms with Gasteiger partial charge in [-0.3, -0.25) is 0 Å². The Balaban J connectivity index is 2.68. The van der Waals surface area contributed by atoms with Gasteiger partial charge in [-0.1, -0.05) is 45.0 Å². The van der Waals surface area contributed by atoms with Gasteiger partial charge in [0.1, 0.15) is 0 Å². The zero-order chi connectivity index (χ0) is 13.7. The highest BCUT2D eigenvalue weighted by molar-refractivity contribution is 5.26. The van der Waals surface area contributed by atoms with E-state index in [1.54, 1.807) is 0 Å². The smallest absolute Gasteiger partial charge is 0.0940 e. The molecular weight excluding hydrogens is 222 g/mol. The fraction of sp³-hybridized carbons (Fsp3) is 0.625. The molecule has 0 aliphatic carbocycles. The Hall–Kier alpha value is -0.860. The summed E-state index contributed by atoms with van der Waals surface area (Å²) < 4.78 is 0. The van der Waals surface area contributed by atoms with E-state index in [9.17, 15) is 5.11 Å². The van der Waals surface area contributed by atoms with E-state index in [0.29, 0.717) is 12.0 Å². The molecule has 0 heterocycles. The lowest BCUT2D eigenvalue weighted by molar-refractivity contribution is 0.130. The van der Waals surface area contributed by atoms with Crippen molar-refractivity contribution in [3.8, 4) is 0 Å². The summed E-state index contributed by atoms with van der Waals surface area (Å²) in [5.41, 5.74) is 2.30. The molecule has 0 bridgehead atoms. The average Bonchev–Trinajstić information content (AvgIpc) is 2.37. The molecule has 0 fully saturated rings. The SMILES string of the molecule is CCC(C)NC(C)C(O)c1ccc(C(C)C)cc1. The van der Waals surface area contributed by atoms with Crippen LogP contribution < -0.4 is 5.32 Å². The number of benzene rings is 1. The van der Waals surface area contributed by atoms with Gasteiger partial charge in [-0.15, -0.1) is 0 Å². The quantitative estimate of drug-likeness (QED) is 0.807. The van der Waals surface area contributed by atoms with Gasteiger partial charge in [0.15, 0.2) is 0 Å². The van der Waals surface area contributed by atoms with E-state index in [-0.39, 0.29) is 6.04 Å². The van der Waals surface area contributed by atoms with Crippen LogP contribution in [0.15, 0.2) is 24.3 Å². The van der Waals surface area contributed by atoms with Crippen molar-refractivity contribution < 1.29 is 5.11 Å². The number of hydrogen-bond donors (Lipinski definition) is 2. The van der Waals surface area contributed by atoms with Crippen molar-refractivity contribution in [1.82, 2.24) is 5.32 Å². The molecule has 2 N–H and O–H groups in total. The third-order valence-corrected chi connectivity index (χ3v) is 3.58. The largest absolute Gasteiger partial charge is 0.387 e. The molecule has 0 aliphatic rings. The van der Waals surface area contributed by atoms with Crippen LogP contribution in [0.2, 0.25) is 0 Å². The second-order valence-electron chi connectivity index (χ2n) is 5.53. The predicted octanol–water partition coefficient (Wildman–Crippen LogP) is 3.62. The molecule has 1 rings (SSSR count). The molecule has 0 radical (unpaired) electrons. The highest BCUT2D eigenvalue weighted by atomic mass is 16.3. The fourth-order valence-electron chi connectivity index (χ4n) is 2.02. The van der Waals surface area contributed by atoms with Gasteiger partial charge >= 0.3 is 0 Å². The molecule has 102 valence electrons.